The van der Waals surface area contributed by atoms with Crippen LogP contribution in [0.1, 0.15) is 34.4 Å². The summed E-state index contributed by atoms with van der Waals surface area (Å²) in [5, 5.41) is 3.55. The first-order valence-electron chi connectivity index (χ1n) is 8.80. The molecule has 0 fully saturated rings. The highest BCUT2D eigenvalue weighted by Gasteiger charge is 2.21. The van der Waals surface area contributed by atoms with E-state index < -0.39 is 10.0 Å². The second-order valence-corrected chi connectivity index (χ2v) is 9.51. The van der Waals surface area contributed by atoms with Gasteiger partial charge in [0.25, 0.3) is 5.91 Å². The highest BCUT2D eigenvalue weighted by Crippen LogP contribution is 2.34. The molecule has 0 saturated heterocycles. The van der Waals surface area contributed by atoms with Gasteiger partial charge in [-0.15, -0.1) is 11.3 Å². The summed E-state index contributed by atoms with van der Waals surface area (Å²) >= 11 is 1.27. The van der Waals surface area contributed by atoms with Gasteiger partial charge in [0.15, 0.2) is 5.82 Å². The van der Waals surface area contributed by atoms with Crippen LogP contribution >= 0.6 is 11.3 Å². The summed E-state index contributed by atoms with van der Waals surface area (Å²) in [7, 11) is 1.41. The second kappa shape index (κ2) is 9.59. The smallest absolute Gasteiger partial charge is 0.261 e. The number of hydrogen-bond acceptors (Lipinski definition) is 8. The number of aromatic nitrogens is 2. The molecule has 9 nitrogen and oxygen atoms in total. The van der Waals surface area contributed by atoms with E-state index in [2.05, 4.69) is 15.3 Å². The van der Waals surface area contributed by atoms with E-state index in [1.54, 1.807) is 21.1 Å². The predicted octanol–water partition coefficient (Wildman–Crippen LogP) is 1.56. The van der Waals surface area contributed by atoms with E-state index in [0.29, 0.717) is 46.3 Å². The maximum absolute atomic E-state index is 12.6. The van der Waals surface area contributed by atoms with Crippen molar-refractivity contribution in [2.24, 2.45) is 0 Å². The molecule has 0 bridgehead atoms. The lowest BCUT2D eigenvalue weighted by Crippen LogP contribution is -2.32. The quantitative estimate of drug-likeness (QED) is 0.569. The van der Waals surface area contributed by atoms with E-state index in [1.807, 2.05) is 6.92 Å². The van der Waals surface area contributed by atoms with Gasteiger partial charge >= 0.3 is 0 Å². The van der Waals surface area contributed by atoms with Crippen molar-refractivity contribution >= 4 is 37.5 Å². The van der Waals surface area contributed by atoms with E-state index in [9.17, 15) is 13.2 Å². The number of fused-ring (bicyclic) bond motifs is 1. The Morgan fingerprint density at radius 1 is 1.29 bits per heavy atom. The Bertz CT molecular complexity index is 943. The average Bonchev–Trinajstić information content (AvgIpc) is 3.01. The molecule has 2 aromatic heterocycles. The van der Waals surface area contributed by atoms with Gasteiger partial charge in [-0.1, -0.05) is 0 Å². The summed E-state index contributed by atoms with van der Waals surface area (Å²) in [6.07, 6.45) is 0.520. The standard InChI is InChI=1S/C17H26N4O5S2/c1-6-28(23,24)21(3)9-7-8-18-15(22)14-11(2)13-16(26-5)19-12(10-25-4)20-17(13)27-14/h6-10H2,1-5H3,(H,18,22). The summed E-state index contributed by atoms with van der Waals surface area (Å²) in [4.78, 5) is 22.6. The molecule has 0 aliphatic rings. The van der Waals surface area contributed by atoms with Crippen molar-refractivity contribution in [3.8, 4) is 5.88 Å². The molecular formula is C17H26N4O5S2. The van der Waals surface area contributed by atoms with Crippen molar-refractivity contribution in [2.75, 3.05) is 40.1 Å². The molecule has 0 atom stereocenters. The lowest BCUT2D eigenvalue weighted by atomic mass is 10.2. The topological polar surface area (TPSA) is 111 Å². The molecule has 0 radical (unpaired) electrons. The Labute approximate surface area is 169 Å². The summed E-state index contributed by atoms with van der Waals surface area (Å²) in [5.74, 6) is 0.735. The highest BCUT2D eigenvalue weighted by molar-refractivity contribution is 7.89. The molecule has 0 unspecified atom stereocenters. The van der Waals surface area contributed by atoms with Crippen molar-refractivity contribution < 1.29 is 22.7 Å². The third-order valence-corrected chi connectivity index (χ3v) is 7.30. The molecule has 1 N–H and O–H groups in total. The van der Waals surface area contributed by atoms with Crippen LogP contribution in [0.15, 0.2) is 0 Å². The molecule has 1 amide bonds. The number of aryl methyl sites for hydroxylation is 1. The van der Waals surface area contributed by atoms with Gasteiger partial charge in [-0.2, -0.15) is 4.98 Å². The van der Waals surface area contributed by atoms with Crippen LogP contribution in [0.3, 0.4) is 0 Å². The molecule has 2 aromatic rings. The fraction of sp³-hybridized carbons (Fsp3) is 0.588. The van der Waals surface area contributed by atoms with E-state index in [0.717, 1.165) is 5.56 Å². The zero-order valence-corrected chi connectivity index (χ0v) is 18.4. The fourth-order valence-electron chi connectivity index (χ4n) is 2.65. The first-order chi connectivity index (χ1) is 13.2. The number of hydrogen-bond donors (Lipinski definition) is 1. The monoisotopic (exact) mass is 430 g/mol. The number of rotatable bonds is 10. The summed E-state index contributed by atoms with van der Waals surface area (Å²) in [6.45, 7) is 4.40. The van der Waals surface area contributed by atoms with Crippen molar-refractivity contribution in [2.45, 2.75) is 26.9 Å². The number of sulfonamides is 1. The van der Waals surface area contributed by atoms with Crippen molar-refractivity contribution in [3.05, 3.63) is 16.3 Å². The maximum Gasteiger partial charge on any atom is 0.261 e. The van der Waals surface area contributed by atoms with Crippen LogP contribution in [0.5, 0.6) is 5.88 Å². The molecule has 0 aromatic carbocycles. The Hall–Kier alpha value is -1.82. The fourth-order valence-corrected chi connectivity index (χ4v) is 4.60. The number of ether oxygens (including phenoxy) is 2. The largest absolute Gasteiger partial charge is 0.480 e. The highest BCUT2D eigenvalue weighted by atomic mass is 32.2. The Morgan fingerprint density at radius 2 is 2.00 bits per heavy atom. The number of carbonyl (C=O) groups is 1. The van der Waals surface area contributed by atoms with Gasteiger partial charge in [0.2, 0.25) is 15.9 Å². The van der Waals surface area contributed by atoms with Crippen LogP contribution in [-0.4, -0.2) is 68.7 Å². The van der Waals surface area contributed by atoms with Crippen molar-refractivity contribution in [1.29, 1.82) is 0 Å². The Morgan fingerprint density at radius 3 is 2.61 bits per heavy atom. The first-order valence-corrected chi connectivity index (χ1v) is 11.2. The minimum absolute atomic E-state index is 0.0603. The SMILES string of the molecule is CCS(=O)(=O)N(C)CCCNC(=O)c1sc2nc(COC)nc(OC)c2c1C. The zero-order chi connectivity index (χ0) is 20.9. The molecule has 0 saturated carbocycles. The number of methoxy groups -OCH3 is 2. The molecule has 156 valence electrons. The van der Waals surface area contributed by atoms with Gasteiger partial charge in [-0.05, 0) is 25.8 Å². The third-order valence-electron chi connectivity index (χ3n) is 4.25. The first kappa shape index (κ1) is 22.5. The minimum Gasteiger partial charge on any atom is -0.480 e. The molecule has 0 aliphatic heterocycles. The second-order valence-electron chi connectivity index (χ2n) is 6.15. The Balaban J connectivity index is 2.10. The normalized spacial score (nSPS) is 11.9. The molecule has 0 spiro atoms. The summed E-state index contributed by atoms with van der Waals surface area (Å²) < 4.78 is 35.2. The summed E-state index contributed by atoms with van der Waals surface area (Å²) in [6, 6.07) is 0. The average molecular weight is 431 g/mol. The van der Waals surface area contributed by atoms with Gasteiger partial charge in [0, 0.05) is 27.2 Å². The number of thiophene rings is 1. The molecule has 2 rings (SSSR count). The van der Waals surface area contributed by atoms with Gasteiger partial charge in [0.1, 0.15) is 11.4 Å². The van der Waals surface area contributed by atoms with E-state index in [4.69, 9.17) is 9.47 Å². The number of nitrogens with zero attached hydrogens (tertiary/aromatic N) is 3. The van der Waals surface area contributed by atoms with Gasteiger partial charge < -0.3 is 14.8 Å². The van der Waals surface area contributed by atoms with Crippen LogP contribution < -0.4 is 10.1 Å². The van der Waals surface area contributed by atoms with Crippen LogP contribution in [0.25, 0.3) is 10.2 Å². The van der Waals surface area contributed by atoms with Crippen molar-refractivity contribution in [1.82, 2.24) is 19.6 Å². The van der Waals surface area contributed by atoms with Gasteiger partial charge in [-0.3, -0.25) is 4.79 Å². The molecule has 0 aliphatic carbocycles. The van der Waals surface area contributed by atoms with E-state index in [1.165, 1.54) is 22.8 Å². The number of carbonyl (C=O) groups excluding carboxylic acids is 1. The summed E-state index contributed by atoms with van der Waals surface area (Å²) in [5.41, 5.74) is 0.754. The Kier molecular flexibility index (Phi) is 7.70. The number of nitrogens with one attached hydrogen (secondary N) is 1. The zero-order valence-electron chi connectivity index (χ0n) is 16.7. The van der Waals surface area contributed by atoms with Crippen molar-refractivity contribution in [3.63, 3.8) is 0 Å². The number of amides is 1. The molecule has 2 heterocycles. The van der Waals surface area contributed by atoms with Crippen LogP contribution in [0, 0.1) is 6.92 Å². The molecule has 28 heavy (non-hydrogen) atoms. The van der Waals surface area contributed by atoms with Gasteiger partial charge in [0.05, 0.1) is 23.1 Å². The lowest BCUT2D eigenvalue weighted by molar-refractivity contribution is 0.0956. The minimum atomic E-state index is -3.21. The van der Waals surface area contributed by atoms with Crippen LogP contribution in [-0.2, 0) is 21.4 Å². The van der Waals surface area contributed by atoms with Crippen LogP contribution in [0.4, 0.5) is 0 Å². The predicted molar refractivity (Wildman–Crippen MR) is 108 cm³/mol. The maximum atomic E-state index is 12.6. The van der Waals surface area contributed by atoms with E-state index >= 15 is 0 Å². The molecular weight excluding hydrogens is 404 g/mol. The third kappa shape index (κ3) is 4.96. The van der Waals surface area contributed by atoms with Crippen LogP contribution in [0.2, 0.25) is 0 Å². The van der Waals surface area contributed by atoms with Gasteiger partial charge in [-0.25, -0.2) is 17.7 Å². The molecule has 11 heteroatoms. The lowest BCUT2D eigenvalue weighted by Gasteiger charge is -2.15. The van der Waals surface area contributed by atoms with E-state index in [-0.39, 0.29) is 18.3 Å².